The average molecular weight is 307 g/mol. The molecule has 1 rings (SSSR count). The number of methoxy groups -OCH3 is 1. The molecule has 0 fully saturated rings. The SMILES string of the molecule is CCC(CCOC)N(Cc1ccccc1)C(=O)OC(C)(C)C. The minimum absolute atomic E-state index is 0.106. The van der Waals surface area contributed by atoms with Crippen LogP contribution in [0.1, 0.15) is 46.1 Å². The quantitative estimate of drug-likeness (QED) is 0.756. The lowest BCUT2D eigenvalue weighted by Crippen LogP contribution is -2.43. The zero-order valence-corrected chi connectivity index (χ0v) is 14.5. The summed E-state index contributed by atoms with van der Waals surface area (Å²) in [5.41, 5.74) is 0.607. The Kier molecular flexibility index (Phi) is 7.39. The van der Waals surface area contributed by atoms with Gasteiger partial charge in [-0.25, -0.2) is 4.79 Å². The molecular formula is C18H29NO3. The molecule has 1 atom stereocenters. The molecule has 1 amide bonds. The summed E-state index contributed by atoms with van der Waals surface area (Å²) in [5, 5.41) is 0. The first-order valence-corrected chi connectivity index (χ1v) is 7.90. The van der Waals surface area contributed by atoms with Crippen molar-refractivity contribution in [1.82, 2.24) is 4.90 Å². The first-order valence-electron chi connectivity index (χ1n) is 7.90. The van der Waals surface area contributed by atoms with Gasteiger partial charge >= 0.3 is 6.09 Å². The summed E-state index contributed by atoms with van der Waals surface area (Å²) in [6.45, 7) is 8.94. The Bertz CT molecular complexity index is 439. The van der Waals surface area contributed by atoms with Gasteiger partial charge in [-0.2, -0.15) is 0 Å². The molecule has 4 heteroatoms. The van der Waals surface area contributed by atoms with Gasteiger partial charge in [-0.15, -0.1) is 0 Å². The zero-order chi connectivity index (χ0) is 16.6. The second-order valence-corrected chi connectivity index (χ2v) is 6.44. The monoisotopic (exact) mass is 307 g/mol. The second kappa shape index (κ2) is 8.79. The molecule has 1 aromatic carbocycles. The smallest absolute Gasteiger partial charge is 0.410 e. The molecular weight excluding hydrogens is 278 g/mol. The Morgan fingerprint density at radius 1 is 1.23 bits per heavy atom. The van der Waals surface area contributed by atoms with Crippen molar-refractivity contribution >= 4 is 6.09 Å². The first kappa shape index (κ1) is 18.5. The molecule has 0 saturated heterocycles. The minimum Gasteiger partial charge on any atom is -0.444 e. The lowest BCUT2D eigenvalue weighted by atomic mass is 10.1. The van der Waals surface area contributed by atoms with E-state index in [1.807, 2.05) is 56.0 Å². The highest BCUT2D eigenvalue weighted by Gasteiger charge is 2.27. The van der Waals surface area contributed by atoms with Gasteiger partial charge in [0, 0.05) is 26.3 Å². The maximum Gasteiger partial charge on any atom is 0.410 e. The van der Waals surface area contributed by atoms with Crippen LogP contribution in [0.3, 0.4) is 0 Å². The van der Waals surface area contributed by atoms with Gasteiger partial charge in [0.25, 0.3) is 0 Å². The van der Waals surface area contributed by atoms with E-state index in [0.29, 0.717) is 13.2 Å². The summed E-state index contributed by atoms with van der Waals surface area (Å²) in [6.07, 6.45) is 1.41. The Labute approximate surface area is 134 Å². The molecule has 1 unspecified atom stereocenters. The number of hydrogen-bond acceptors (Lipinski definition) is 3. The first-order chi connectivity index (χ1) is 10.4. The molecule has 1 aromatic rings. The number of ether oxygens (including phenoxy) is 2. The fourth-order valence-corrected chi connectivity index (χ4v) is 2.28. The van der Waals surface area contributed by atoms with Crippen LogP contribution in [0.25, 0.3) is 0 Å². The van der Waals surface area contributed by atoms with E-state index in [9.17, 15) is 4.79 Å². The van der Waals surface area contributed by atoms with E-state index in [-0.39, 0.29) is 12.1 Å². The van der Waals surface area contributed by atoms with Crippen molar-refractivity contribution in [3.63, 3.8) is 0 Å². The van der Waals surface area contributed by atoms with E-state index in [0.717, 1.165) is 18.4 Å². The molecule has 0 bridgehead atoms. The van der Waals surface area contributed by atoms with Crippen LogP contribution in [-0.4, -0.2) is 36.4 Å². The van der Waals surface area contributed by atoms with Crippen molar-refractivity contribution in [2.75, 3.05) is 13.7 Å². The van der Waals surface area contributed by atoms with E-state index < -0.39 is 5.60 Å². The summed E-state index contributed by atoms with van der Waals surface area (Å²) < 4.78 is 10.8. The number of nitrogens with zero attached hydrogens (tertiary/aromatic N) is 1. The van der Waals surface area contributed by atoms with E-state index in [1.54, 1.807) is 7.11 Å². The summed E-state index contributed by atoms with van der Waals surface area (Å²) in [6, 6.07) is 10.1. The highest BCUT2D eigenvalue weighted by Crippen LogP contribution is 2.18. The summed E-state index contributed by atoms with van der Waals surface area (Å²) in [5.74, 6) is 0. The lowest BCUT2D eigenvalue weighted by molar-refractivity contribution is 0.00995. The van der Waals surface area contributed by atoms with Crippen LogP contribution in [0.4, 0.5) is 4.79 Å². The predicted octanol–water partition coefficient (Wildman–Crippen LogP) is 4.24. The highest BCUT2D eigenvalue weighted by molar-refractivity contribution is 5.68. The summed E-state index contributed by atoms with van der Waals surface area (Å²) in [7, 11) is 1.68. The third kappa shape index (κ3) is 6.48. The Morgan fingerprint density at radius 2 is 1.86 bits per heavy atom. The number of rotatable bonds is 7. The maximum absolute atomic E-state index is 12.6. The molecule has 0 aliphatic heterocycles. The molecule has 4 nitrogen and oxygen atoms in total. The predicted molar refractivity (Wildman–Crippen MR) is 88.8 cm³/mol. The highest BCUT2D eigenvalue weighted by atomic mass is 16.6. The largest absolute Gasteiger partial charge is 0.444 e. The molecule has 0 spiro atoms. The second-order valence-electron chi connectivity index (χ2n) is 6.44. The van der Waals surface area contributed by atoms with Crippen LogP contribution >= 0.6 is 0 Å². The molecule has 0 saturated carbocycles. The van der Waals surface area contributed by atoms with Crippen LogP contribution in [0.5, 0.6) is 0 Å². The fraction of sp³-hybridized carbons (Fsp3) is 0.611. The Balaban J connectivity index is 2.90. The van der Waals surface area contributed by atoms with Gasteiger partial charge < -0.3 is 14.4 Å². The maximum atomic E-state index is 12.6. The minimum atomic E-state index is -0.494. The molecule has 0 radical (unpaired) electrons. The molecule has 22 heavy (non-hydrogen) atoms. The molecule has 124 valence electrons. The molecule has 0 aliphatic rings. The molecule has 0 N–H and O–H groups in total. The van der Waals surface area contributed by atoms with Crippen molar-refractivity contribution in [2.24, 2.45) is 0 Å². The van der Waals surface area contributed by atoms with Crippen LogP contribution in [0.2, 0.25) is 0 Å². The van der Waals surface area contributed by atoms with Gasteiger partial charge in [-0.1, -0.05) is 37.3 Å². The molecule has 0 heterocycles. The van der Waals surface area contributed by atoms with Crippen LogP contribution in [0, 0.1) is 0 Å². The lowest BCUT2D eigenvalue weighted by Gasteiger charge is -2.33. The Morgan fingerprint density at radius 3 is 2.36 bits per heavy atom. The van der Waals surface area contributed by atoms with Crippen molar-refractivity contribution in [2.45, 2.75) is 58.7 Å². The van der Waals surface area contributed by atoms with Crippen LogP contribution in [-0.2, 0) is 16.0 Å². The molecule has 0 aliphatic carbocycles. The fourth-order valence-electron chi connectivity index (χ4n) is 2.28. The van der Waals surface area contributed by atoms with Crippen molar-refractivity contribution in [3.05, 3.63) is 35.9 Å². The third-order valence-electron chi connectivity index (χ3n) is 3.39. The van der Waals surface area contributed by atoms with Crippen LogP contribution in [0.15, 0.2) is 30.3 Å². The van der Waals surface area contributed by atoms with Crippen LogP contribution < -0.4 is 0 Å². The van der Waals surface area contributed by atoms with E-state index in [4.69, 9.17) is 9.47 Å². The third-order valence-corrected chi connectivity index (χ3v) is 3.39. The van der Waals surface area contributed by atoms with Gasteiger partial charge in [0.1, 0.15) is 5.60 Å². The summed E-state index contributed by atoms with van der Waals surface area (Å²) in [4.78, 5) is 14.4. The zero-order valence-electron chi connectivity index (χ0n) is 14.5. The van der Waals surface area contributed by atoms with Gasteiger partial charge in [0.15, 0.2) is 0 Å². The standard InChI is InChI=1S/C18H29NO3/c1-6-16(12-13-21-5)19(17(20)22-18(2,3)4)14-15-10-8-7-9-11-15/h7-11,16H,6,12-14H2,1-5H3. The van der Waals surface area contributed by atoms with E-state index in [1.165, 1.54) is 0 Å². The van der Waals surface area contributed by atoms with Gasteiger partial charge in [-0.3, -0.25) is 0 Å². The number of carbonyl (C=O) groups is 1. The van der Waals surface area contributed by atoms with Crippen molar-refractivity contribution in [3.8, 4) is 0 Å². The van der Waals surface area contributed by atoms with Gasteiger partial charge in [0.05, 0.1) is 0 Å². The van der Waals surface area contributed by atoms with E-state index >= 15 is 0 Å². The van der Waals surface area contributed by atoms with Crippen molar-refractivity contribution in [1.29, 1.82) is 0 Å². The van der Waals surface area contributed by atoms with E-state index in [2.05, 4.69) is 6.92 Å². The normalized spacial score (nSPS) is 12.8. The van der Waals surface area contributed by atoms with Gasteiger partial charge in [-0.05, 0) is 39.2 Å². The number of benzene rings is 1. The number of amides is 1. The summed E-state index contributed by atoms with van der Waals surface area (Å²) >= 11 is 0. The number of carbonyl (C=O) groups excluding carboxylic acids is 1. The number of hydrogen-bond donors (Lipinski definition) is 0. The van der Waals surface area contributed by atoms with Crippen molar-refractivity contribution < 1.29 is 14.3 Å². The Hall–Kier alpha value is -1.55. The molecule has 0 aromatic heterocycles. The topological polar surface area (TPSA) is 38.8 Å². The van der Waals surface area contributed by atoms with Gasteiger partial charge in [0.2, 0.25) is 0 Å². The average Bonchev–Trinajstić information content (AvgIpc) is 2.46.